The molecule has 1 aliphatic heterocycles. The van der Waals surface area contributed by atoms with Gasteiger partial charge in [-0.1, -0.05) is 12.1 Å². The molecule has 5 rings (SSSR count). The van der Waals surface area contributed by atoms with Crippen molar-refractivity contribution >= 4 is 39.1 Å². The number of aromatic nitrogens is 2. The summed E-state index contributed by atoms with van der Waals surface area (Å²) >= 11 is 1.82. The lowest BCUT2D eigenvalue weighted by Gasteiger charge is -2.36. The van der Waals surface area contributed by atoms with Gasteiger partial charge in [0.2, 0.25) is 0 Å². The standard InChI is InChI=1S/C25H31N5O2S/c1-16-7-6-9-19(17(16)2)26-25(31)30-13-11-29(12-14-30)23-22-18-8-4-5-10-20(18)33-24(22)28-21(27-23)15-32-3/h6-7,9H,4-5,8,10-15H2,1-3H3,(H,26,31). The lowest BCUT2D eigenvalue weighted by Crippen LogP contribution is -2.50. The number of methoxy groups -OCH3 is 1. The number of nitrogens with one attached hydrogen (secondary N) is 1. The van der Waals surface area contributed by atoms with Crippen LogP contribution in [0.3, 0.4) is 0 Å². The lowest BCUT2D eigenvalue weighted by molar-refractivity contribution is 0.178. The summed E-state index contributed by atoms with van der Waals surface area (Å²) in [4.78, 5) is 29.4. The van der Waals surface area contributed by atoms with Gasteiger partial charge in [-0.05, 0) is 62.3 Å². The Morgan fingerprint density at radius 1 is 1.12 bits per heavy atom. The van der Waals surface area contributed by atoms with Crippen LogP contribution in [0.15, 0.2) is 18.2 Å². The van der Waals surface area contributed by atoms with Crippen molar-refractivity contribution in [3.8, 4) is 0 Å². The minimum absolute atomic E-state index is 0.0378. The number of anilines is 2. The molecule has 0 spiro atoms. The van der Waals surface area contributed by atoms with E-state index < -0.39 is 0 Å². The first-order chi connectivity index (χ1) is 16.0. The lowest BCUT2D eigenvalue weighted by atomic mass is 9.97. The molecule has 0 saturated carbocycles. The second-order valence-corrected chi connectivity index (χ2v) is 10.0. The summed E-state index contributed by atoms with van der Waals surface area (Å²) < 4.78 is 5.34. The van der Waals surface area contributed by atoms with Crippen LogP contribution >= 0.6 is 11.3 Å². The number of aryl methyl sites for hydroxylation is 3. The summed E-state index contributed by atoms with van der Waals surface area (Å²) in [6.07, 6.45) is 4.72. The molecule has 1 N–H and O–H groups in total. The van der Waals surface area contributed by atoms with Crippen molar-refractivity contribution in [3.05, 3.63) is 45.6 Å². The number of carbonyl (C=O) groups is 1. The SMILES string of the molecule is COCc1nc(N2CCN(C(=O)Nc3cccc(C)c3C)CC2)c2c3c(sc2n1)CCCC3. The smallest absolute Gasteiger partial charge is 0.321 e. The maximum atomic E-state index is 12.9. The molecule has 0 atom stereocenters. The molecule has 2 amide bonds. The van der Waals surface area contributed by atoms with Crippen LogP contribution in [0.25, 0.3) is 10.2 Å². The van der Waals surface area contributed by atoms with Crippen LogP contribution in [0.5, 0.6) is 0 Å². The van der Waals surface area contributed by atoms with E-state index in [4.69, 9.17) is 14.7 Å². The molecule has 174 valence electrons. The molecule has 8 heteroatoms. The fourth-order valence-electron chi connectivity index (χ4n) is 4.81. The molecule has 3 heterocycles. The number of hydrogen-bond donors (Lipinski definition) is 1. The summed E-state index contributed by atoms with van der Waals surface area (Å²) in [6, 6.07) is 5.97. The van der Waals surface area contributed by atoms with Gasteiger partial charge in [-0.25, -0.2) is 14.8 Å². The normalized spacial score (nSPS) is 16.2. The predicted molar refractivity (Wildman–Crippen MR) is 133 cm³/mol. The number of carbonyl (C=O) groups excluding carboxylic acids is 1. The summed E-state index contributed by atoms with van der Waals surface area (Å²) in [5.74, 6) is 1.75. The Kier molecular flexibility index (Phi) is 6.21. The topological polar surface area (TPSA) is 70.6 Å². The van der Waals surface area contributed by atoms with Crippen molar-refractivity contribution in [2.24, 2.45) is 0 Å². The molecule has 0 radical (unpaired) electrons. The molecule has 0 bridgehead atoms. The number of rotatable bonds is 4. The minimum Gasteiger partial charge on any atom is -0.377 e. The van der Waals surface area contributed by atoms with E-state index in [-0.39, 0.29) is 6.03 Å². The number of piperazine rings is 1. The number of urea groups is 1. The monoisotopic (exact) mass is 465 g/mol. The maximum Gasteiger partial charge on any atom is 0.321 e. The van der Waals surface area contributed by atoms with E-state index in [1.165, 1.54) is 34.2 Å². The second kappa shape index (κ2) is 9.27. The highest BCUT2D eigenvalue weighted by Gasteiger charge is 2.27. The van der Waals surface area contributed by atoms with Gasteiger partial charge in [0.25, 0.3) is 0 Å². The van der Waals surface area contributed by atoms with Crippen LogP contribution in [-0.2, 0) is 24.2 Å². The Morgan fingerprint density at radius 2 is 1.91 bits per heavy atom. The number of thiophene rings is 1. The zero-order chi connectivity index (χ0) is 22.9. The molecule has 1 saturated heterocycles. The number of hydrogen-bond acceptors (Lipinski definition) is 6. The van der Waals surface area contributed by atoms with Crippen LogP contribution in [0.1, 0.15) is 40.2 Å². The number of benzene rings is 1. The van der Waals surface area contributed by atoms with E-state index in [1.807, 2.05) is 35.3 Å². The molecule has 0 unspecified atom stereocenters. The number of amides is 2. The van der Waals surface area contributed by atoms with E-state index in [9.17, 15) is 4.79 Å². The summed E-state index contributed by atoms with van der Waals surface area (Å²) in [7, 11) is 1.68. The van der Waals surface area contributed by atoms with Gasteiger partial charge in [0, 0.05) is 43.9 Å². The first-order valence-corrected chi connectivity index (χ1v) is 12.5. The van der Waals surface area contributed by atoms with E-state index in [0.29, 0.717) is 19.7 Å². The minimum atomic E-state index is -0.0378. The number of nitrogens with zero attached hydrogens (tertiary/aromatic N) is 4. The average Bonchev–Trinajstić information content (AvgIpc) is 3.20. The number of ether oxygens (including phenoxy) is 1. The van der Waals surface area contributed by atoms with Gasteiger partial charge < -0.3 is 19.9 Å². The third kappa shape index (κ3) is 4.29. The van der Waals surface area contributed by atoms with Gasteiger partial charge in [0.05, 0.1) is 5.39 Å². The summed E-state index contributed by atoms with van der Waals surface area (Å²) in [6.45, 7) is 7.34. The number of fused-ring (bicyclic) bond motifs is 3. The van der Waals surface area contributed by atoms with Gasteiger partial charge in [-0.15, -0.1) is 11.3 Å². The molecular weight excluding hydrogens is 434 g/mol. The van der Waals surface area contributed by atoms with Crippen LogP contribution in [0.4, 0.5) is 16.3 Å². The Morgan fingerprint density at radius 3 is 2.70 bits per heavy atom. The van der Waals surface area contributed by atoms with Crippen molar-refractivity contribution in [2.45, 2.75) is 46.1 Å². The van der Waals surface area contributed by atoms with Crippen molar-refractivity contribution in [1.82, 2.24) is 14.9 Å². The van der Waals surface area contributed by atoms with E-state index in [1.54, 1.807) is 7.11 Å². The van der Waals surface area contributed by atoms with Crippen molar-refractivity contribution < 1.29 is 9.53 Å². The molecular formula is C25H31N5O2S. The molecule has 3 aromatic rings. The average molecular weight is 466 g/mol. The van der Waals surface area contributed by atoms with Gasteiger partial charge >= 0.3 is 6.03 Å². The largest absolute Gasteiger partial charge is 0.377 e. The Bertz CT molecular complexity index is 1180. The Balaban J connectivity index is 1.36. The van der Waals surface area contributed by atoms with Crippen molar-refractivity contribution in [3.63, 3.8) is 0 Å². The van der Waals surface area contributed by atoms with Crippen molar-refractivity contribution in [2.75, 3.05) is 43.5 Å². The van der Waals surface area contributed by atoms with Crippen LogP contribution in [0, 0.1) is 13.8 Å². The molecule has 2 aliphatic rings. The molecule has 2 aromatic heterocycles. The van der Waals surface area contributed by atoms with Gasteiger partial charge in [-0.3, -0.25) is 0 Å². The van der Waals surface area contributed by atoms with Gasteiger partial charge in [-0.2, -0.15) is 0 Å². The fraction of sp³-hybridized carbons (Fsp3) is 0.480. The molecule has 7 nitrogen and oxygen atoms in total. The molecule has 1 aromatic carbocycles. The zero-order valence-corrected chi connectivity index (χ0v) is 20.4. The maximum absolute atomic E-state index is 12.9. The quantitative estimate of drug-likeness (QED) is 0.605. The highest BCUT2D eigenvalue weighted by molar-refractivity contribution is 7.19. The van der Waals surface area contributed by atoms with Crippen molar-refractivity contribution in [1.29, 1.82) is 0 Å². The Labute approximate surface area is 198 Å². The highest BCUT2D eigenvalue weighted by atomic mass is 32.1. The molecule has 33 heavy (non-hydrogen) atoms. The highest BCUT2D eigenvalue weighted by Crippen LogP contribution is 2.40. The predicted octanol–water partition coefficient (Wildman–Crippen LogP) is 4.69. The fourth-order valence-corrected chi connectivity index (χ4v) is 6.08. The molecule has 1 aliphatic carbocycles. The third-order valence-electron chi connectivity index (χ3n) is 6.83. The summed E-state index contributed by atoms with van der Waals surface area (Å²) in [5.41, 5.74) is 4.61. The zero-order valence-electron chi connectivity index (χ0n) is 19.6. The summed E-state index contributed by atoms with van der Waals surface area (Å²) in [5, 5.41) is 4.32. The first kappa shape index (κ1) is 22.1. The van der Waals surface area contributed by atoms with E-state index >= 15 is 0 Å². The second-order valence-electron chi connectivity index (χ2n) is 8.94. The molecule has 1 fully saturated rings. The van der Waals surface area contributed by atoms with Crippen LogP contribution in [0.2, 0.25) is 0 Å². The van der Waals surface area contributed by atoms with E-state index in [0.717, 1.165) is 53.7 Å². The third-order valence-corrected chi connectivity index (χ3v) is 8.01. The Hall–Kier alpha value is -2.71. The van der Waals surface area contributed by atoms with E-state index in [2.05, 4.69) is 23.2 Å². The first-order valence-electron chi connectivity index (χ1n) is 11.7. The van der Waals surface area contributed by atoms with Crippen LogP contribution < -0.4 is 10.2 Å². The van der Waals surface area contributed by atoms with Gasteiger partial charge in [0.1, 0.15) is 17.3 Å². The van der Waals surface area contributed by atoms with Gasteiger partial charge in [0.15, 0.2) is 5.82 Å². The van der Waals surface area contributed by atoms with Crippen LogP contribution in [-0.4, -0.2) is 54.2 Å².